The zero-order valence-corrected chi connectivity index (χ0v) is 22.2. The van der Waals surface area contributed by atoms with Gasteiger partial charge in [-0.05, 0) is 54.3 Å². The molecule has 0 aliphatic rings. The van der Waals surface area contributed by atoms with E-state index in [1.54, 1.807) is 47.5 Å². The van der Waals surface area contributed by atoms with Gasteiger partial charge in [-0.3, -0.25) is 9.59 Å². The zero-order chi connectivity index (χ0) is 28.8. The summed E-state index contributed by atoms with van der Waals surface area (Å²) in [6.45, 7) is 1.92. The number of nitrogens with two attached hydrogens (primary N) is 2. The lowest BCUT2D eigenvalue weighted by Crippen LogP contribution is -2.45. The highest BCUT2D eigenvalue weighted by Gasteiger charge is 2.29. The second-order valence-electron chi connectivity index (χ2n) is 9.40. The van der Waals surface area contributed by atoms with Crippen LogP contribution in [0.1, 0.15) is 50.6 Å². The minimum Gasteiger partial charge on any atom is -0.496 e. The van der Waals surface area contributed by atoms with Gasteiger partial charge in [-0.2, -0.15) is 0 Å². The van der Waals surface area contributed by atoms with E-state index in [-0.39, 0.29) is 30.2 Å². The van der Waals surface area contributed by atoms with E-state index in [4.69, 9.17) is 16.2 Å². The fourth-order valence-electron chi connectivity index (χ4n) is 4.44. The third-order valence-corrected chi connectivity index (χ3v) is 6.69. The van der Waals surface area contributed by atoms with Crippen molar-refractivity contribution in [3.05, 3.63) is 107 Å². The fraction of sp³-hybridized carbons (Fsp3) is 0.200. The molecule has 4 rings (SSSR count). The number of hydrogen-bond donors (Lipinski definition) is 4. The molecule has 0 spiro atoms. The van der Waals surface area contributed by atoms with E-state index in [0.29, 0.717) is 17.0 Å². The maximum atomic E-state index is 13.8. The topological polar surface area (TPSA) is 165 Å². The summed E-state index contributed by atoms with van der Waals surface area (Å²) >= 11 is 0. The number of aromatic carboxylic acids is 1. The van der Waals surface area contributed by atoms with Crippen LogP contribution in [-0.4, -0.2) is 50.9 Å². The fourth-order valence-corrected chi connectivity index (χ4v) is 4.44. The van der Waals surface area contributed by atoms with Gasteiger partial charge >= 0.3 is 5.97 Å². The third kappa shape index (κ3) is 6.36. The van der Waals surface area contributed by atoms with Gasteiger partial charge in [-0.1, -0.05) is 48.5 Å². The minimum atomic E-state index is -1.14. The lowest BCUT2D eigenvalue weighted by atomic mass is 10.0. The number of amides is 2. The standard InChI is InChI=1S/C30H31N5O5/c1-18(28-33-16-25(34-28)21-6-4-3-5-7-21)35(17-20-10-13-26(40-2)23(14-20)30(38)39)29(37)24(31)15-19-8-11-22(12-9-19)27(32)36/h3-14,16,18,24H,15,17,31H2,1-2H3,(H2,32,36)(H,33,34)(H,38,39)/t18-,24-/m0/s1. The number of aromatic amines is 1. The van der Waals surface area contributed by atoms with Gasteiger partial charge in [-0.25, -0.2) is 9.78 Å². The van der Waals surface area contributed by atoms with Crippen molar-refractivity contribution < 1.29 is 24.2 Å². The van der Waals surface area contributed by atoms with Gasteiger partial charge in [0.25, 0.3) is 0 Å². The predicted molar refractivity (Wildman–Crippen MR) is 150 cm³/mol. The number of nitrogens with one attached hydrogen (secondary N) is 1. The number of carbonyl (C=O) groups excluding carboxylic acids is 2. The Hall–Kier alpha value is -4.96. The predicted octanol–water partition coefficient (Wildman–Crippen LogP) is 3.54. The highest BCUT2D eigenvalue weighted by atomic mass is 16.5. The van der Waals surface area contributed by atoms with Gasteiger partial charge in [0, 0.05) is 12.1 Å². The van der Waals surface area contributed by atoms with E-state index >= 15 is 0 Å². The van der Waals surface area contributed by atoms with E-state index in [2.05, 4.69) is 9.97 Å². The van der Waals surface area contributed by atoms with Crippen molar-refractivity contribution in [2.45, 2.75) is 32.0 Å². The highest BCUT2D eigenvalue weighted by Crippen LogP contribution is 2.27. The number of methoxy groups -OCH3 is 1. The Morgan fingerprint density at radius 3 is 2.33 bits per heavy atom. The summed E-state index contributed by atoms with van der Waals surface area (Å²) < 4.78 is 5.18. The van der Waals surface area contributed by atoms with Crippen molar-refractivity contribution in [1.29, 1.82) is 0 Å². The van der Waals surface area contributed by atoms with Gasteiger partial charge in [0.15, 0.2) is 0 Å². The minimum absolute atomic E-state index is 0.0109. The van der Waals surface area contributed by atoms with E-state index in [9.17, 15) is 19.5 Å². The Balaban J connectivity index is 1.64. The summed E-state index contributed by atoms with van der Waals surface area (Å²) in [6, 6.07) is 19.6. The van der Waals surface area contributed by atoms with Crippen LogP contribution in [0.4, 0.5) is 0 Å². The molecule has 1 aromatic heterocycles. The number of benzene rings is 3. The van der Waals surface area contributed by atoms with E-state index in [0.717, 1.165) is 16.8 Å². The Kier molecular flexibility index (Phi) is 8.60. The molecule has 0 bridgehead atoms. The number of carboxylic acid groups (broad SMARTS) is 1. The molecule has 2 amide bonds. The first-order chi connectivity index (χ1) is 19.2. The van der Waals surface area contributed by atoms with Crippen molar-refractivity contribution in [3.8, 4) is 17.0 Å². The van der Waals surface area contributed by atoms with Gasteiger partial charge < -0.3 is 31.2 Å². The lowest BCUT2D eigenvalue weighted by Gasteiger charge is -2.31. The largest absolute Gasteiger partial charge is 0.496 e. The molecule has 4 aromatic rings. The van der Waals surface area contributed by atoms with Crippen molar-refractivity contribution in [1.82, 2.24) is 14.9 Å². The first kappa shape index (κ1) is 28.1. The van der Waals surface area contributed by atoms with Crippen LogP contribution in [0, 0.1) is 0 Å². The van der Waals surface area contributed by atoms with Crippen LogP contribution in [0.3, 0.4) is 0 Å². The van der Waals surface area contributed by atoms with Crippen LogP contribution >= 0.6 is 0 Å². The molecule has 3 aromatic carbocycles. The SMILES string of the molecule is COc1ccc(CN(C(=O)[C@@H](N)Cc2ccc(C(N)=O)cc2)[C@@H](C)c2ncc(-c3ccccc3)[nH]2)cc1C(=O)O. The summed E-state index contributed by atoms with van der Waals surface area (Å²) in [7, 11) is 1.40. The number of hydrogen-bond acceptors (Lipinski definition) is 6. The van der Waals surface area contributed by atoms with Gasteiger partial charge in [-0.15, -0.1) is 0 Å². The molecule has 0 fully saturated rings. The average molecular weight is 542 g/mol. The molecule has 40 heavy (non-hydrogen) atoms. The molecule has 0 saturated carbocycles. The van der Waals surface area contributed by atoms with Crippen LogP contribution < -0.4 is 16.2 Å². The van der Waals surface area contributed by atoms with E-state index in [1.165, 1.54) is 13.2 Å². The summed E-state index contributed by atoms with van der Waals surface area (Å²) in [6.07, 6.45) is 1.93. The molecular weight excluding hydrogens is 510 g/mol. The summed E-state index contributed by atoms with van der Waals surface area (Å²) in [5.74, 6) is -1.26. The number of carboxylic acids is 1. The van der Waals surface area contributed by atoms with Crippen LogP contribution in [0.2, 0.25) is 0 Å². The molecule has 0 radical (unpaired) electrons. The number of H-pyrrole nitrogens is 1. The average Bonchev–Trinajstić information content (AvgIpc) is 3.46. The molecule has 0 aliphatic carbocycles. The number of rotatable bonds is 11. The number of carbonyl (C=O) groups is 3. The monoisotopic (exact) mass is 541 g/mol. The number of imidazole rings is 1. The second kappa shape index (κ2) is 12.3. The molecule has 1 heterocycles. The zero-order valence-electron chi connectivity index (χ0n) is 22.2. The number of aromatic nitrogens is 2. The number of nitrogens with zero attached hydrogens (tertiary/aromatic N) is 2. The van der Waals surface area contributed by atoms with Gasteiger partial charge in [0.1, 0.15) is 17.1 Å². The Morgan fingerprint density at radius 2 is 1.70 bits per heavy atom. The molecule has 0 aliphatic heterocycles. The molecule has 6 N–H and O–H groups in total. The third-order valence-electron chi connectivity index (χ3n) is 6.69. The summed E-state index contributed by atoms with van der Waals surface area (Å²) in [4.78, 5) is 46.4. The lowest BCUT2D eigenvalue weighted by molar-refractivity contribution is -0.135. The maximum Gasteiger partial charge on any atom is 0.339 e. The first-order valence-corrected chi connectivity index (χ1v) is 12.6. The molecule has 2 atom stereocenters. The van der Waals surface area contributed by atoms with Crippen LogP contribution in [0.25, 0.3) is 11.3 Å². The van der Waals surface area contributed by atoms with E-state index in [1.807, 2.05) is 37.3 Å². The van der Waals surface area contributed by atoms with Crippen molar-refractivity contribution in [2.24, 2.45) is 11.5 Å². The highest BCUT2D eigenvalue weighted by molar-refractivity contribution is 5.93. The Labute approximate surface area is 231 Å². The van der Waals surface area contributed by atoms with Crippen molar-refractivity contribution in [2.75, 3.05) is 7.11 Å². The molecule has 206 valence electrons. The normalized spacial score (nSPS) is 12.4. The molecule has 10 nitrogen and oxygen atoms in total. The summed E-state index contributed by atoms with van der Waals surface area (Å²) in [5.41, 5.74) is 15.2. The maximum absolute atomic E-state index is 13.8. The molecule has 0 saturated heterocycles. The van der Waals surface area contributed by atoms with Gasteiger partial charge in [0.05, 0.1) is 31.1 Å². The van der Waals surface area contributed by atoms with Crippen LogP contribution in [0.5, 0.6) is 5.75 Å². The van der Waals surface area contributed by atoms with Crippen molar-refractivity contribution in [3.63, 3.8) is 0 Å². The summed E-state index contributed by atoms with van der Waals surface area (Å²) in [5, 5.41) is 9.64. The second-order valence-corrected chi connectivity index (χ2v) is 9.40. The van der Waals surface area contributed by atoms with Crippen LogP contribution in [0.15, 0.2) is 79.0 Å². The molecular formula is C30H31N5O5. The molecule has 0 unspecified atom stereocenters. The molecule has 10 heteroatoms. The Bertz CT molecular complexity index is 1500. The number of ether oxygens (including phenoxy) is 1. The van der Waals surface area contributed by atoms with Crippen molar-refractivity contribution >= 4 is 17.8 Å². The smallest absolute Gasteiger partial charge is 0.339 e. The first-order valence-electron chi connectivity index (χ1n) is 12.6. The van der Waals surface area contributed by atoms with Gasteiger partial charge in [0.2, 0.25) is 11.8 Å². The van der Waals surface area contributed by atoms with E-state index < -0.39 is 24.0 Å². The Morgan fingerprint density at radius 1 is 1.02 bits per heavy atom. The number of primary amides is 1. The van der Waals surface area contributed by atoms with Crippen LogP contribution in [-0.2, 0) is 17.8 Å². The quantitative estimate of drug-likeness (QED) is 0.225.